The smallest absolute Gasteiger partial charge is 0.278 e. The van der Waals surface area contributed by atoms with Gasteiger partial charge in [-0.3, -0.25) is 0 Å². The molecule has 0 spiro atoms. The third-order valence-corrected chi connectivity index (χ3v) is 4.55. The molecule has 0 atom stereocenters. The van der Waals surface area contributed by atoms with Crippen LogP contribution in [0.1, 0.15) is 44.5 Å². The third kappa shape index (κ3) is 4.57. The van der Waals surface area contributed by atoms with Crippen molar-refractivity contribution in [2.45, 2.75) is 47.0 Å². The first-order chi connectivity index (χ1) is 11.2. The molecule has 0 aliphatic rings. The Bertz CT molecular complexity index is 729. The first-order valence-corrected chi connectivity index (χ1v) is 9.08. The minimum Gasteiger partial charge on any atom is -0.431 e. The molecule has 0 bridgehead atoms. The molecule has 0 aliphatic carbocycles. The van der Waals surface area contributed by atoms with Gasteiger partial charge < -0.3 is 9.64 Å². The second kappa shape index (κ2) is 7.34. The summed E-state index contributed by atoms with van der Waals surface area (Å²) in [5, 5.41) is 2.75. The van der Waals surface area contributed by atoms with Crippen LogP contribution in [0, 0.1) is 13.8 Å². The fourth-order valence-electron chi connectivity index (χ4n) is 2.01. The molecule has 1 aromatic carbocycles. The number of aryl methyl sites for hydroxylation is 2. The Morgan fingerprint density at radius 2 is 1.96 bits per heavy atom. The standard InChI is InChI=1S/C19H27N3OS/c1-8-22(7)12-20-15-9-14(3)16(10-13(15)2)23-18-21-17(11-24-18)19(4,5)6/h9-12H,8H2,1-7H3. The molecule has 0 saturated carbocycles. The monoisotopic (exact) mass is 345 g/mol. The molecular formula is C19H27N3OS. The van der Waals surface area contributed by atoms with Gasteiger partial charge in [-0.1, -0.05) is 32.1 Å². The molecule has 130 valence electrons. The number of aliphatic imine (C=N–C) groups is 1. The zero-order valence-corrected chi connectivity index (χ0v) is 16.5. The first kappa shape index (κ1) is 18.5. The molecule has 1 heterocycles. The quantitative estimate of drug-likeness (QED) is 0.533. The van der Waals surface area contributed by atoms with Crippen LogP contribution in [0.15, 0.2) is 22.5 Å². The zero-order chi connectivity index (χ0) is 17.9. The molecule has 0 unspecified atom stereocenters. The molecule has 0 radical (unpaired) electrons. The SMILES string of the molecule is CCN(C)C=Nc1cc(C)c(Oc2nc(C(C)(C)C)cs2)cc1C. The Hall–Kier alpha value is -1.88. The predicted molar refractivity (Wildman–Crippen MR) is 103 cm³/mol. The predicted octanol–water partition coefficient (Wildman–Crippen LogP) is 5.46. The number of hydrogen-bond acceptors (Lipinski definition) is 4. The summed E-state index contributed by atoms with van der Waals surface area (Å²) in [7, 11) is 2.01. The first-order valence-electron chi connectivity index (χ1n) is 8.20. The molecule has 2 aromatic rings. The Morgan fingerprint density at radius 1 is 1.25 bits per heavy atom. The molecule has 0 aliphatic heterocycles. The van der Waals surface area contributed by atoms with Gasteiger partial charge in [-0.15, -0.1) is 0 Å². The number of nitrogens with zero attached hydrogens (tertiary/aromatic N) is 3. The summed E-state index contributed by atoms with van der Waals surface area (Å²) < 4.78 is 6.01. The minimum atomic E-state index is 0.0347. The van der Waals surface area contributed by atoms with Crippen LogP contribution in [0.5, 0.6) is 10.9 Å². The van der Waals surface area contributed by atoms with Gasteiger partial charge in [-0.25, -0.2) is 9.98 Å². The number of benzene rings is 1. The van der Waals surface area contributed by atoms with Crippen LogP contribution >= 0.6 is 11.3 Å². The number of hydrogen-bond donors (Lipinski definition) is 0. The third-order valence-electron chi connectivity index (χ3n) is 3.84. The number of aromatic nitrogens is 1. The summed E-state index contributed by atoms with van der Waals surface area (Å²) >= 11 is 1.54. The van der Waals surface area contributed by atoms with Gasteiger partial charge in [0.1, 0.15) is 5.75 Å². The average Bonchev–Trinajstić information content (AvgIpc) is 2.97. The van der Waals surface area contributed by atoms with E-state index in [1.165, 1.54) is 11.3 Å². The molecule has 0 saturated heterocycles. The summed E-state index contributed by atoms with van der Waals surface area (Å²) in [5.74, 6) is 0.838. The van der Waals surface area contributed by atoms with E-state index in [2.05, 4.69) is 49.1 Å². The normalized spacial score (nSPS) is 12.0. The van der Waals surface area contributed by atoms with Crippen LogP contribution in [-0.4, -0.2) is 29.8 Å². The summed E-state index contributed by atoms with van der Waals surface area (Å²) in [6.07, 6.45) is 1.86. The Balaban J connectivity index is 2.22. The van der Waals surface area contributed by atoms with Crippen molar-refractivity contribution in [1.29, 1.82) is 0 Å². The highest BCUT2D eigenvalue weighted by Gasteiger charge is 2.18. The molecule has 24 heavy (non-hydrogen) atoms. The molecule has 5 heteroatoms. The second-order valence-corrected chi connectivity index (χ2v) is 7.89. The minimum absolute atomic E-state index is 0.0347. The van der Waals surface area contributed by atoms with E-state index in [1.54, 1.807) is 0 Å². The fourth-order valence-corrected chi connectivity index (χ4v) is 2.92. The Labute approximate surface area is 149 Å². The Kier molecular flexibility index (Phi) is 5.65. The molecule has 0 N–H and O–H groups in total. The number of ether oxygens (including phenoxy) is 1. The van der Waals surface area contributed by atoms with Crippen molar-refractivity contribution >= 4 is 23.4 Å². The van der Waals surface area contributed by atoms with E-state index in [9.17, 15) is 0 Å². The molecular weight excluding hydrogens is 318 g/mol. The van der Waals surface area contributed by atoms with Gasteiger partial charge in [-0.05, 0) is 44.0 Å². The van der Waals surface area contributed by atoms with Gasteiger partial charge in [-0.2, -0.15) is 0 Å². The van der Waals surface area contributed by atoms with E-state index >= 15 is 0 Å². The van der Waals surface area contributed by atoms with Crippen LogP contribution in [0.2, 0.25) is 0 Å². The summed E-state index contributed by atoms with van der Waals surface area (Å²) in [4.78, 5) is 11.2. The average molecular weight is 346 g/mol. The van der Waals surface area contributed by atoms with E-state index in [1.807, 2.05) is 38.2 Å². The van der Waals surface area contributed by atoms with Crippen LogP contribution < -0.4 is 4.74 Å². The maximum absolute atomic E-state index is 6.01. The van der Waals surface area contributed by atoms with Crippen molar-refractivity contribution in [3.05, 3.63) is 34.3 Å². The summed E-state index contributed by atoms with van der Waals surface area (Å²) in [6.45, 7) is 13.6. The highest BCUT2D eigenvalue weighted by molar-refractivity contribution is 7.11. The highest BCUT2D eigenvalue weighted by Crippen LogP contribution is 2.34. The van der Waals surface area contributed by atoms with Gasteiger partial charge in [0.25, 0.3) is 5.19 Å². The lowest BCUT2D eigenvalue weighted by atomic mass is 9.93. The largest absolute Gasteiger partial charge is 0.431 e. The van der Waals surface area contributed by atoms with Crippen LogP contribution in [0.3, 0.4) is 0 Å². The maximum Gasteiger partial charge on any atom is 0.278 e. The van der Waals surface area contributed by atoms with E-state index in [0.717, 1.165) is 34.8 Å². The van der Waals surface area contributed by atoms with Gasteiger partial charge in [0, 0.05) is 24.4 Å². The van der Waals surface area contributed by atoms with Crippen LogP contribution in [-0.2, 0) is 5.41 Å². The lowest BCUT2D eigenvalue weighted by molar-refractivity contribution is 0.466. The van der Waals surface area contributed by atoms with Crippen molar-refractivity contribution in [3.63, 3.8) is 0 Å². The molecule has 4 nitrogen and oxygen atoms in total. The van der Waals surface area contributed by atoms with Gasteiger partial charge in [0.15, 0.2) is 0 Å². The van der Waals surface area contributed by atoms with Crippen LogP contribution in [0.25, 0.3) is 0 Å². The van der Waals surface area contributed by atoms with E-state index in [0.29, 0.717) is 5.19 Å². The van der Waals surface area contributed by atoms with Gasteiger partial charge >= 0.3 is 0 Å². The summed E-state index contributed by atoms with van der Waals surface area (Å²) in [5.41, 5.74) is 4.20. The van der Waals surface area contributed by atoms with Gasteiger partial charge in [0.2, 0.25) is 0 Å². The molecule has 0 amide bonds. The van der Waals surface area contributed by atoms with Crippen molar-refractivity contribution in [1.82, 2.24) is 9.88 Å². The number of thiazole rings is 1. The van der Waals surface area contributed by atoms with Crippen molar-refractivity contribution < 1.29 is 4.74 Å². The van der Waals surface area contributed by atoms with Gasteiger partial charge in [0.05, 0.1) is 17.7 Å². The lowest BCUT2D eigenvalue weighted by Gasteiger charge is -2.14. The Morgan fingerprint density at radius 3 is 2.54 bits per heavy atom. The van der Waals surface area contributed by atoms with Crippen LogP contribution in [0.4, 0.5) is 5.69 Å². The topological polar surface area (TPSA) is 37.7 Å². The van der Waals surface area contributed by atoms with Crippen molar-refractivity contribution in [3.8, 4) is 10.9 Å². The van der Waals surface area contributed by atoms with E-state index < -0.39 is 0 Å². The highest BCUT2D eigenvalue weighted by atomic mass is 32.1. The van der Waals surface area contributed by atoms with E-state index in [-0.39, 0.29) is 5.41 Å². The molecule has 1 aromatic heterocycles. The molecule has 2 rings (SSSR count). The molecule has 0 fully saturated rings. The number of rotatable bonds is 5. The summed E-state index contributed by atoms with van der Waals surface area (Å²) in [6, 6.07) is 4.09. The maximum atomic E-state index is 6.01. The fraction of sp³-hybridized carbons (Fsp3) is 0.474. The second-order valence-electron chi connectivity index (χ2n) is 7.07. The lowest BCUT2D eigenvalue weighted by Crippen LogP contribution is -2.14. The van der Waals surface area contributed by atoms with E-state index in [4.69, 9.17) is 4.74 Å². The zero-order valence-electron chi connectivity index (χ0n) is 15.7. The van der Waals surface area contributed by atoms with Crippen molar-refractivity contribution in [2.75, 3.05) is 13.6 Å². The van der Waals surface area contributed by atoms with Crippen molar-refractivity contribution in [2.24, 2.45) is 4.99 Å².